The van der Waals surface area contributed by atoms with Gasteiger partial charge in [-0.05, 0) is 24.1 Å². The van der Waals surface area contributed by atoms with Gasteiger partial charge in [0.15, 0.2) is 0 Å². The Morgan fingerprint density at radius 2 is 2.28 bits per heavy atom. The lowest BCUT2D eigenvalue weighted by atomic mass is 10.1. The van der Waals surface area contributed by atoms with Gasteiger partial charge in [-0.15, -0.1) is 0 Å². The van der Waals surface area contributed by atoms with E-state index in [1.807, 2.05) is 18.2 Å². The minimum Gasteiger partial charge on any atom is -0.495 e. The Bertz CT molecular complexity index is 434. The molecule has 0 saturated heterocycles. The van der Waals surface area contributed by atoms with Crippen LogP contribution in [0, 0.1) is 5.92 Å². The fraction of sp³-hybridized carbons (Fsp3) is 0.429. The molecule has 0 radical (unpaired) electrons. The lowest BCUT2D eigenvalue weighted by Crippen LogP contribution is -2.26. The second-order valence-corrected chi connectivity index (χ2v) is 4.93. The lowest BCUT2D eigenvalue weighted by Gasteiger charge is -2.13. The lowest BCUT2D eigenvalue weighted by molar-refractivity contribution is 0.246. The van der Waals surface area contributed by atoms with Crippen LogP contribution in [0.1, 0.15) is 12.0 Å². The van der Waals surface area contributed by atoms with Gasteiger partial charge >= 0.3 is 0 Å². The minimum absolute atomic E-state index is 0.225. The van der Waals surface area contributed by atoms with Crippen LogP contribution in [0.15, 0.2) is 30.4 Å². The van der Waals surface area contributed by atoms with Gasteiger partial charge in [-0.3, -0.25) is 0 Å². The van der Waals surface area contributed by atoms with Gasteiger partial charge in [-0.25, -0.2) is 0 Å². The molecule has 0 amide bonds. The molecule has 1 aromatic rings. The van der Waals surface area contributed by atoms with E-state index < -0.39 is 0 Å². The number of benzene rings is 1. The van der Waals surface area contributed by atoms with Crippen molar-refractivity contribution in [3.05, 3.63) is 40.9 Å². The summed E-state index contributed by atoms with van der Waals surface area (Å²) in [4.78, 5) is 0. The molecule has 0 unspecified atom stereocenters. The number of aliphatic hydroxyl groups is 1. The van der Waals surface area contributed by atoms with Crippen LogP contribution in [-0.2, 0) is 6.54 Å². The highest BCUT2D eigenvalue weighted by molar-refractivity contribution is 6.32. The monoisotopic (exact) mass is 267 g/mol. The van der Waals surface area contributed by atoms with Crippen LogP contribution in [0.4, 0.5) is 0 Å². The number of halogens is 1. The molecule has 4 heteroatoms. The van der Waals surface area contributed by atoms with E-state index >= 15 is 0 Å². The Balaban J connectivity index is 1.87. The SMILES string of the molecule is COc1ccc(CN[C@@H]2C=C[C@H](CO)C2)cc1Cl. The van der Waals surface area contributed by atoms with Crippen molar-refractivity contribution in [2.75, 3.05) is 13.7 Å². The van der Waals surface area contributed by atoms with E-state index in [9.17, 15) is 0 Å². The van der Waals surface area contributed by atoms with Gasteiger partial charge in [0.2, 0.25) is 0 Å². The summed E-state index contributed by atoms with van der Waals surface area (Å²) < 4.78 is 5.12. The number of hydrogen-bond acceptors (Lipinski definition) is 3. The smallest absolute Gasteiger partial charge is 0.137 e. The van der Waals surface area contributed by atoms with E-state index in [2.05, 4.69) is 17.5 Å². The molecule has 1 aliphatic carbocycles. The van der Waals surface area contributed by atoms with Crippen molar-refractivity contribution >= 4 is 11.6 Å². The molecule has 0 aromatic heterocycles. The Hall–Kier alpha value is -1.03. The number of methoxy groups -OCH3 is 1. The molecule has 1 aromatic carbocycles. The second-order valence-electron chi connectivity index (χ2n) is 4.52. The Morgan fingerprint density at radius 3 is 2.89 bits per heavy atom. The van der Waals surface area contributed by atoms with Gasteiger partial charge in [0, 0.05) is 25.1 Å². The van der Waals surface area contributed by atoms with Crippen molar-refractivity contribution in [1.82, 2.24) is 5.32 Å². The zero-order chi connectivity index (χ0) is 13.0. The third-order valence-electron chi connectivity index (χ3n) is 3.19. The first kappa shape index (κ1) is 13.4. The zero-order valence-corrected chi connectivity index (χ0v) is 11.2. The highest BCUT2D eigenvalue weighted by atomic mass is 35.5. The molecular formula is C14H18ClNO2. The molecule has 2 rings (SSSR count). The van der Waals surface area contributed by atoms with Gasteiger partial charge in [-0.1, -0.05) is 29.8 Å². The fourth-order valence-electron chi connectivity index (χ4n) is 2.13. The zero-order valence-electron chi connectivity index (χ0n) is 10.4. The average molecular weight is 268 g/mol. The largest absolute Gasteiger partial charge is 0.495 e. The predicted molar refractivity (Wildman–Crippen MR) is 73.0 cm³/mol. The third kappa shape index (κ3) is 3.25. The molecule has 0 heterocycles. The highest BCUT2D eigenvalue weighted by Crippen LogP contribution is 2.25. The Morgan fingerprint density at radius 1 is 1.44 bits per heavy atom. The molecule has 98 valence electrons. The first-order chi connectivity index (χ1) is 8.72. The predicted octanol–water partition coefficient (Wildman–Crippen LogP) is 2.38. The van der Waals surface area contributed by atoms with Gasteiger partial charge < -0.3 is 15.2 Å². The molecule has 1 aliphatic rings. The van der Waals surface area contributed by atoms with Crippen LogP contribution in [0.2, 0.25) is 5.02 Å². The molecule has 0 aliphatic heterocycles. The normalized spacial score (nSPS) is 22.4. The van der Waals surface area contributed by atoms with Gasteiger partial charge in [0.05, 0.1) is 12.1 Å². The Labute approximate surface area is 112 Å². The molecule has 2 atom stereocenters. The molecule has 2 N–H and O–H groups in total. The van der Waals surface area contributed by atoms with E-state index in [-0.39, 0.29) is 6.61 Å². The first-order valence-corrected chi connectivity index (χ1v) is 6.45. The van der Waals surface area contributed by atoms with Crippen LogP contribution in [0.3, 0.4) is 0 Å². The number of ether oxygens (including phenoxy) is 1. The molecule has 0 spiro atoms. The molecule has 3 nitrogen and oxygen atoms in total. The quantitative estimate of drug-likeness (QED) is 0.805. The van der Waals surface area contributed by atoms with Crippen molar-refractivity contribution in [3.8, 4) is 5.75 Å². The molecule has 18 heavy (non-hydrogen) atoms. The second kappa shape index (κ2) is 6.23. The summed E-state index contributed by atoms with van der Waals surface area (Å²) in [5, 5.41) is 13.1. The average Bonchev–Trinajstić information content (AvgIpc) is 2.84. The van der Waals surface area contributed by atoms with Crippen LogP contribution in [0.5, 0.6) is 5.75 Å². The maximum absolute atomic E-state index is 9.05. The van der Waals surface area contributed by atoms with Crippen LogP contribution < -0.4 is 10.1 Å². The number of rotatable bonds is 5. The van der Waals surface area contributed by atoms with Crippen LogP contribution >= 0.6 is 11.6 Å². The van der Waals surface area contributed by atoms with Crippen molar-refractivity contribution in [2.24, 2.45) is 5.92 Å². The number of nitrogens with one attached hydrogen (secondary N) is 1. The summed E-state index contributed by atoms with van der Waals surface area (Å²) in [6.07, 6.45) is 5.14. The molecule has 0 saturated carbocycles. The number of aliphatic hydroxyl groups excluding tert-OH is 1. The summed E-state index contributed by atoms with van der Waals surface area (Å²) in [6, 6.07) is 6.12. The molecule has 0 fully saturated rings. The molecular weight excluding hydrogens is 250 g/mol. The van der Waals surface area contributed by atoms with Crippen molar-refractivity contribution in [3.63, 3.8) is 0 Å². The van der Waals surface area contributed by atoms with E-state index in [1.54, 1.807) is 7.11 Å². The summed E-state index contributed by atoms with van der Waals surface area (Å²) >= 11 is 6.07. The summed E-state index contributed by atoms with van der Waals surface area (Å²) in [5.41, 5.74) is 1.13. The first-order valence-electron chi connectivity index (χ1n) is 6.08. The van der Waals surface area contributed by atoms with E-state index in [0.717, 1.165) is 18.5 Å². The maximum atomic E-state index is 9.05. The third-order valence-corrected chi connectivity index (χ3v) is 3.49. The molecule has 0 bridgehead atoms. The van der Waals surface area contributed by atoms with Gasteiger partial charge in [0.1, 0.15) is 5.75 Å². The summed E-state index contributed by atoms with van der Waals surface area (Å²) in [6.45, 7) is 0.986. The fourth-order valence-corrected chi connectivity index (χ4v) is 2.41. The van der Waals surface area contributed by atoms with Crippen molar-refractivity contribution < 1.29 is 9.84 Å². The van der Waals surface area contributed by atoms with Crippen LogP contribution in [-0.4, -0.2) is 24.9 Å². The van der Waals surface area contributed by atoms with E-state index in [1.165, 1.54) is 0 Å². The van der Waals surface area contributed by atoms with E-state index in [0.29, 0.717) is 22.7 Å². The van der Waals surface area contributed by atoms with Crippen molar-refractivity contribution in [2.45, 2.75) is 19.0 Å². The highest BCUT2D eigenvalue weighted by Gasteiger charge is 2.17. The summed E-state index contributed by atoms with van der Waals surface area (Å²) in [5.74, 6) is 0.989. The van der Waals surface area contributed by atoms with Gasteiger partial charge in [-0.2, -0.15) is 0 Å². The van der Waals surface area contributed by atoms with Gasteiger partial charge in [0.25, 0.3) is 0 Å². The standard InChI is InChI=1S/C14H18ClNO2/c1-18-14-5-3-10(7-13(14)15)8-16-12-4-2-11(6-12)9-17/h2-5,7,11-12,16-17H,6,8-9H2,1H3/t11-,12+/m0/s1. The summed E-state index contributed by atoms with van der Waals surface area (Å²) in [7, 11) is 1.61. The van der Waals surface area contributed by atoms with Crippen molar-refractivity contribution in [1.29, 1.82) is 0 Å². The van der Waals surface area contributed by atoms with Crippen LogP contribution in [0.25, 0.3) is 0 Å². The maximum Gasteiger partial charge on any atom is 0.137 e. The minimum atomic E-state index is 0.225. The van der Waals surface area contributed by atoms with E-state index in [4.69, 9.17) is 21.4 Å². The number of hydrogen-bond donors (Lipinski definition) is 2. The topological polar surface area (TPSA) is 41.5 Å². The Kier molecular flexibility index (Phi) is 4.64.